The highest BCUT2D eigenvalue weighted by atomic mass is 19.1. The Bertz CT molecular complexity index is 1010. The second-order valence-corrected chi connectivity index (χ2v) is 7.98. The Kier molecular flexibility index (Phi) is 4.99. The first-order valence-corrected chi connectivity index (χ1v) is 9.91. The fourth-order valence-corrected chi connectivity index (χ4v) is 4.05. The molecule has 1 heteroatoms. The maximum absolute atomic E-state index is 15.1. The van der Waals surface area contributed by atoms with Crippen molar-refractivity contribution in [3.63, 3.8) is 0 Å². The van der Waals surface area contributed by atoms with E-state index in [1.54, 1.807) is 0 Å². The molecule has 136 valence electrons. The van der Waals surface area contributed by atoms with Gasteiger partial charge in [-0.1, -0.05) is 67.5 Å². The molecule has 0 amide bonds. The summed E-state index contributed by atoms with van der Waals surface area (Å²) in [6.07, 6.45) is 4.61. The van der Waals surface area contributed by atoms with Crippen LogP contribution in [0.1, 0.15) is 60.8 Å². The van der Waals surface area contributed by atoms with E-state index >= 15 is 4.39 Å². The van der Waals surface area contributed by atoms with Crippen molar-refractivity contribution in [3.8, 4) is 11.8 Å². The molecule has 27 heavy (non-hydrogen) atoms. The molecule has 1 saturated carbocycles. The fourth-order valence-electron chi connectivity index (χ4n) is 4.05. The summed E-state index contributed by atoms with van der Waals surface area (Å²) in [6, 6.07) is 18.0. The van der Waals surface area contributed by atoms with Crippen LogP contribution in [0, 0.1) is 30.5 Å². The smallest absolute Gasteiger partial charge is 0.134 e. The van der Waals surface area contributed by atoms with Crippen molar-refractivity contribution in [1.29, 1.82) is 0 Å². The first kappa shape index (κ1) is 17.8. The summed E-state index contributed by atoms with van der Waals surface area (Å²) in [5, 5.41) is 1.64. The third-order valence-electron chi connectivity index (χ3n) is 5.84. The van der Waals surface area contributed by atoms with Crippen molar-refractivity contribution in [2.45, 2.75) is 45.4 Å². The van der Waals surface area contributed by atoms with Crippen molar-refractivity contribution >= 4 is 10.8 Å². The van der Waals surface area contributed by atoms with E-state index in [1.165, 1.54) is 18.4 Å². The molecule has 1 fully saturated rings. The average Bonchev–Trinajstić information content (AvgIpc) is 2.69. The van der Waals surface area contributed by atoms with Crippen LogP contribution in [-0.2, 0) is 0 Å². The van der Waals surface area contributed by atoms with E-state index < -0.39 is 0 Å². The lowest BCUT2D eigenvalue weighted by molar-refractivity contribution is 0.343. The van der Waals surface area contributed by atoms with E-state index in [0.29, 0.717) is 11.3 Å². The Morgan fingerprint density at radius 3 is 2.22 bits per heavy atom. The van der Waals surface area contributed by atoms with Crippen LogP contribution in [0.25, 0.3) is 10.8 Å². The number of rotatable bonds is 1. The molecule has 4 rings (SSSR count). The fraction of sp³-hybridized carbons (Fsp3) is 0.308. The maximum atomic E-state index is 15.1. The molecular weight excluding hydrogens is 331 g/mol. The van der Waals surface area contributed by atoms with Gasteiger partial charge >= 0.3 is 0 Å². The van der Waals surface area contributed by atoms with Crippen molar-refractivity contribution in [3.05, 3.63) is 82.7 Å². The molecule has 0 bridgehead atoms. The molecule has 0 saturated heterocycles. The Balaban J connectivity index is 1.62. The SMILES string of the molecule is Cc1ccc(C#Cc2ccc3c(F)c(C4CCC(C)CC4)ccc3c2)cc1. The average molecular weight is 356 g/mol. The Morgan fingerprint density at radius 2 is 1.48 bits per heavy atom. The van der Waals surface area contributed by atoms with Crippen LogP contribution in [-0.4, -0.2) is 0 Å². The molecule has 0 radical (unpaired) electrons. The van der Waals surface area contributed by atoms with Crippen LogP contribution in [0.4, 0.5) is 4.39 Å². The standard InChI is InChI=1S/C26H25F/c1-18-3-7-20(8-4-18)9-10-21-11-15-25-23(17-21)14-16-24(26(25)27)22-12-5-19(2)6-13-22/h3-4,7-8,11,14-17,19,22H,5-6,12-13H2,1-2H3. The minimum atomic E-state index is -0.0369. The first-order chi connectivity index (χ1) is 13.1. The predicted octanol–water partition coefficient (Wildman–Crippen LogP) is 6.98. The third kappa shape index (κ3) is 3.91. The highest BCUT2D eigenvalue weighted by Gasteiger charge is 2.23. The lowest BCUT2D eigenvalue weighted by Crippen LogP contribution is -2.12. The van der Waals surface area contributed by atoms with Crippen LogP contribution in [0.15, 0.2) is 54.6 Å². The van der Waals surface area contributed by atoms with Crippen LogP contribution < -0.4 is 0 Å². The zero-order valence-corrected chi connectivity index (χ0v) is 16.1. The topological polar surface area (TPSA) is 0 Å². The minimum absolute atomic E-state index is 0.0369. The largest absolute Gasteiger partial charge is 0.206 e. The van der Waals surface area contributed by atoms with Gasteiger partial charge in [0.2, 0.25) is 0 Å². The van der Waals surface area contributed by atoms with E-state index in [2.05, 4.69) is 43.9 Å². The van der Waals surface area contributed by atoms with E-state index in [0.717, 1.165) is 40.8 Å². The number of hydrogen-bond acceptors (Lipinski definition) is 0. The summed E-state index contributed by atoms with van der Waals surface area (Å²) in [5.74, 6) is 7.50. The van der Waals surface area contributed by atoms with E-state index in [4.69, 9.17) is 0 Å². The summed E-state index contributed by atoms with van der Waals surface area (Å²) in [7, 11) is 0. The molecule has 1 aliphatic rings. The van der Waals surface area contributed by atoms with Gasteiger partial charge in [-0.25, -0.2) is 4.39 Å². The molecule has 0 atom stereocenters. The summed E-state index contributed by atoms with van der Waals surface area (Å²) in [4.78, 5) is 0. The lowest BCUT2D eigenvalue weighted by Gasteiger charge is -2.27. The zero-order valence-electron chi connectivity index (χ0n) is 16.1. The normalized spacial score (nSPS) is 19.5. The van der Waals surface area contributed by atoms with Crippen molar-refractivity contribution in [2.75, 3.05) is 0 Å². The van der Waals surface area contributed by atoms with Crippen LogP contribution in [0.3, 0.4) is 0 Å². The number of halogens is 1. The molecule has 0 aromatic heterocycles. The van der Waals surface area contributed by atoms with Gasteiger partial charge in [0.05, 0.1) is 0 Å². The quantitative estimate of drug-likeness (QED) is 0.413. The van der Waals surface area contributed by atoms with Gasteiger partial charge in [-0.15, -0.1) is 0 Å². The summed E-state index contributed by atoms with van der Waals surface area (Å²) < 4.78 is 15.1. The molecule has 1 aliphatic carbocycles. The Labute approximate surface area is 161 Å². The van der Waals surface area contributed by atoms with Gasteiger partial charge in [0.1, 0.15) is 5.82 Å². The zero-order chi connectivity index (χ0) is 18.8. The van der Waals surface area contributed by atoms with Crippen LogP contribution in [0.5, 0.6) is 0 Å². The Hall–Kier alpha value is -2.59. The maximum Gasteiger partial charge on any atom is 0.134 e. The van der Waals surface area contributed by atoms with Gasteiger partial charge in [0.15, 0.2) is 0 Å². The van der Waals surface area contributed by atoms with Gasteiger partial charge in [-0.05, 0) is 66.8 Å². The van der Waals surface area contributed by atoms with Crippen LogP contribution in [0.2, 0.25) is 0 Å². The van der Waals surface area contributed by atoms with Gasteiger partial charge in [0.25, 0.3) is 0 Å². The summed E-state index contributed by atoms with van der Waals surface area (Å²) in [6.45, 7) is 4.36. The van der Waals surface area contributed by atoms with Crippen molar-refractivity contribution in [1.82, 2.24) is 0 Å². The molecule has 0 unspecified atom stereocenters. The molecular formula is C26H25F. The van der Waals surface area contributed by atoms with Crippen molar-refractivity contribution in [2.24, 2.45) is 5.92 Å². The van der Waals surface area contributed by atoms with E-state index in [-0.39, 0.29) is 5.82 Å². The van der Waals surface area contributed by atoms with Gasteiger partial charge in [-0.2, -0.15) is 0 Å². The summed E-state index contributed by atoms with van der Waals surface area (Å²) >= 11 is 0. The number of fused-ring (bicyclic) bond motifs is 1. The van der Waals surface area contributed by atoms with Crippen molar-refractivity contribution < 1.29 is 4.39 Å². The van der Waals surface area contributed by atoms with Gasteiger partial charge in [-0.3, -0.25) is 0 Å². The molecule has 3 aromatic carbocycles. The Morgan fingerprint density at radius 1 is 0.815 bits per heavy atom. The molecule has 0 nitrogen and oxygen atoms in total. The molecule has 0 aliphatic heterocycles. The minimum Gasteiger partial charge on any atom is -0.206 e. The number of benzene rings is 3. The lowest BCUT2D eigenvalue weighted by atomic mass is 9.79. The van der Waals surface area contributed by atoms with E-state index in [1.807, 2.05) is 36.4 Å². The third-order valence-corrected chi connectivity index (χ3v) is 5.84. The summed E-state index contributed by atoms with van der Waals surface area (Å²) in [5.41, 5.74) is 4.04. The molecule has 0 spiro atoms. The first-order valence-electron chi connectivity index (χ1n) is 9.91. The second kappa shape index (κ2) is 7.57. The van der Waals surface area contributed by atoms with E-state index in [9.17, 15) is 0 Å². The van der Waals surface area contributed by atoms with Gasteiger partial charge in [0, 0.05) is 16.5 Å². The predicted molar refractivity (Wildman–Crippen MR) is 111 cm³/mol. The monoisotopic (exact) mass is 356 g/mol. The second-order valence-electron chi connectivity index (χ2n) is 7.98. The van der Waals surface area contributed by atoms with Gasteiger partial charge < -0.3 is 0 Å². The number of aryl methyl sites for hydroxylation is 1. The molecule has 3 aromatic rings. The molecule has 0 heterocycles. The van der Waals surface area contributed by atoms with Crippen LogP contribution >= 0.6 is 0 Å². The number of hydrogen-bond donors (Lipinski definition) is 0. The molecule has 0 N–H and O–H groups in total. The highest BCUT2D eigenvalue weighted by molar-refractivity contribution is 5.85. The highest BCUT2D eigenvalue weighted by Crippen LogP contribution is 2.38.